The Kier molecular flexibility index (Phi) is 3.60. The largest absolute Gasteiger partial charge is 0.311 e. The topological polar surface area (TPSA) is 92.7 Å². The van der Waals surface area contributed by atoms with Crippen LogP contribution in [0.4, 0.5) is 5.82 Å². The van der Waals surface area contributed by atoms with Gasteiger partial charge in [0.05, 0.1) is 4.88 Å². The maximum absolute atomic E-state index is 11.6. The highest BCUT2D eigenvalue weighted by molar-refractivity contribution is 7.13. The van der Waals surface area contributed by atoms with Crippen molar-refractivity contribution in [2.24, 2.45) is 0 Å². The van der Waals surface area contributed by atoms with E-state index < -0.39 is 0 Å². The Morgan fingerprint density at radius 2 is 2.23 bits per heavy atom. The first-order valence-corrected chi connectivity index (χ1v) is 7.41. The van der Waals surface area contributed by atoms with Crippen LogP contribution in [-0.2, 0) is 4.79 Å². The lowest BCUT2D eigenvalue weighted by Crippen LogP contribution is -2.17. The van der Waals surface area contributed by atoms with E-state index in [9.17, 15) is 9.59 Å². The van der Waals surface area contributed by atoms with E-state index in [4.69, 9.17) is 0 Å². The van der Waals surface area contributed by atoms with Gasteiger partial charge in [0.15, 0.2) is 0 Å². The number of rotatable bonds is 3. The van der Waals surface area contributed by atoms with Crippen molar-refractivity contribution in [1.82, 2.24) is 19.7 Å². The van der Waals surface area contributed by atoms with E-state index in [1.807, 2.05) is 17.5 Å². The van der Waals surface area contributed by atoms with Crippen LogP contribution in [0.5, 0.6) is 0 Å². The van der Waals surface area contributed by atoms with E-state index in [1.54, 1.807) is 13.0 Å². The summed E-state index contributed by atoms with van der Waals surface area (Å²) in [7, 11) is 0. The molecule has 3 rings (SSSR count). The van der Waals surface area contributed by atoms with Crippen LogP contribution in [-0.4, -0.2) is 25.7 Å². The first-order valence-electron chi connectivity index (χ1n) is 6.53. The van der Waals surface area contributed by atoms with Crippen LogP contribution in [0.25, 0.3) is 16.5 Å². The average Bonchev–Trinajstić information content (AvgIpc) is 3.05. The number of thiophene rings is 1. The zero-order chi connectivity index (χ0) is 15.7. The molecular formula is C14H13N5O2S. The van der Waals surface area contributed by atoms with Gasteiger partial charge in [0.1, 0.15) is 11.5 Å². The lowest BCUT2D eigenvalue weighted by Gasteiger charge is -2.06. The van der Waals surface area contributed by atoms with Gasteiger partial charge in [-0.3, -0.25) is 14.6 Å². The summed E-state index contributed by atoms with van der Waals surface area (Å²) in [5.41, 5.74) is 0.994. The van der Waals surface area contributed by atoms with Gasteiger partial charge < -0.3 is 5.32 Å². The Morgan fingerprint density at radius 1 is 1.41 bits per heavy atom. The van der Waals surface area contributed by atoms with Crippen LogP contribution < -0.4 is 10.9 Å². The normalized spacial score (nSPS) is 10.6. The SMILES string of the molecule is CC(=O)Nc1cc(-c2cccs2)nn1-c1nc(C)cc(=O)[nH]1. The third-order valence-corrected chi connectivity index (χ3v) is 3.74. The molecule has 0 radical (unpaired) electrons. The monoisotopic (exact) mass is 315 g/mol. The fourth-order valence-corrected chi connectivity index (χ4v) is 2.70. The molecule has 1 amide bonds. The Hall–Kier alpha value is -2.74. The van der Waals surface area contributed by atoms with E-state index >= 15 is 0 Å². The number of carbonyl (C=O) groups excluding carboxylic acids is 1. The van der Waals surface area contributed by atoms with Gasteiger partial charge in [-0.1, -0.05) is 6.07 Å². The smallest absolute Gasteiger partial charge is 0.252 e. The molecule has 0 bridgehead atoms. The maximum atomic E-state index is 11.6. The molecule has 8 heteroatoms. The maximum Gasteiger partial charge on any atom is 0.252 e. The molecule has 0 aromatic carbocycles. The predicted molar refractivity (Wildman–Crippen MR) is 84.3 cm³/mol. The van der Waals surface area contributed by atoms with Crippen molar-refractivity contribution in [3.05, 3.63) is 45.7 Å². The van der Waals surface area contributed by atoms with Crippen molar-refractivity contribution in [3.63, 3.8) is 0 Å². The quantitative estimate of drug-likeness (QED) is 0.772. The minimum atomic E-state index is -0.274. The Morgan fingerprint density at radius 3 is 2.86 bits per heavy atom. The summed E-state index contributed by atoms with van der Waals surface area (Å²) < 4.78 is 1.42. The second-order valence-electron chi connectivity index (χ2n) is 4.70. The first-order chi connectivity index (χ1) is 10.5. The molecule has 0 saturated carbocycles. The predicted octanol–water partition coefficient (Wildman–Crippen LogP) is 1.95. The third kappa shape index (κ3) is 2.82. The Labute approximate surface area is 129 Å². The minimum Gasteiger partial charge on any atom is -0.311 e. The van der Waals surface area contributed by atoms with Crippen LogP contribution in [0.2, 0.25) is 0 Å². The zero-order valence-electron chi connectivity index (χ0n) is 12.0. The van der Waals surface area contributed by atoms with Gasteiger partial charge in [0.25, 0.3) is 5.56 Å². The molecule has 0 aliphatic heterocycles. The average molecular weight is 315 g/mol. The number of aromatic nitrogens is 4. The van der Waals surface area contributed by atoms with Gasteiger partial charge in [-0.25, -0.2) is 4.98 Å². The van der Waals surface area contributed by atoms with Crippen LogP contribution in [0.15, 0.2) is 34.4 Å². The molecule has 7 nitrogen and oxygen atoms in total. The van der Waals surface area contributed by atoms with E-state index in [0.29, 0.717) is 17.2 Å². The molecule has 3 heterocycles. The number of carbonyl (C=O) groups is 1. The highest BCUT2D eigenvalue weighted by Gasteiger charge is 2.14. The third-order valence-electron chi connectivity index (χ3n) is 2.84. The molecular weight excluding hydrogens is 302 g/mol. The number of hydrogen-bond acceptors (Lipinski definition) is 5. The van der Waals surface area contributed by atoms with Crippen LogP contribution in [0, 0.1) is 6.92 Å². The summed E-state index contributed by atoms with van der Waals surface area (Å²) in [5.74, 6) is 0.482. The molecule has 2 N–H and O–H groups in total. The van der Waals surface area contributed by atoms with Crippen molar-refractivity contribution >= 4 is 23.1 Å². The van der Waals surface area contributed by atoms with E-state index in [-0.39, 0.29) is 17.4 Å². The lowest BCUT2D eigenvalue weighted by atomic mass is 10.3. The van der Waals surface area contributed by atoms with E-state index in [2.05, 4.69) is 20.4 Å². The van der Waals surface area contributed by atoms with Gasteiger partial charge >= 0.3 is 0 Å². The summed E-state index contributed by atoms with van der Waals surface area (Å²) >= 11 is 1.54. The van der Waals surface area contributed by atoms with Crippen molar-refractivity contribution in [2.75, 3.05) is 5.32 Å². The molecule has 3 aromatic heterocycles. The number of amides is 1. The summed E-state index contributed by atoms with van der Waals surface area (Å²) in [6, 6.07) is 6.99. The first kappa shape index (κ1) is 14.2. The molecule has 112 valence electrons. The fourth-order valence-electron chi connectivity index (χ4n) is 2.02. The number of aromatic amines is 1. The Balaban J connectivity index is 2.16. The standard InChI is InChI=1S/C14H13N5O2S/c1-8-6-13(21)17-14(15-8)19-12(16-9(2)20)7-10(18-19)11-4-3-5-22-11/h3-7H,1-2H3,(H,16,20)(H,15,17,21). The number of nitrogens with one attached hydrogen (secondary N) is 2. The van der Waals surface area contributed by atoms with Gasteiger partial charge in [0.2, 0.25) is 11.9 Å². The molecule has 3 aromatic rings. The number of nitrogens with zero attached hydrogens (tertiary/aromatic N) is 3. The van der Waals surface area contributed by atoms with Gasteiger partial charge in [-0.05, 0) is 18.4 Å². The van der Waals surface area contributed by atoms with Crippen LogP contribution >= 0.6 is 11.3 Å². The molecule has 0 aliphatic rings. The van der Waals surface area contributed by atoms with Crippen LogP contribution in [0.1, 0.15) is 12.6 Å². The van der Waals surface area contributed by atoms with E-state index in [1.165, 1.54) is 29.0 Å². The van der Waals surface area contributed by atoms with E-state index in [0.717, 1.165) is 4.88 Å². The molecule has 22 heavy (non-hydrogen) atoms. The number of hydrogen-bond donors (Lipinski definition) is 2. The second kappa shape index (κ2) is 5.57. The number of aryl methyl sites for hydroxylation is 1. The summed E-state index contributed by atoms with van der Waals surface area (Å²) in [6.07, 6.45) is 0. The molecule has 0 saturated heterocycles. The number of H-pyrrole nitrogens is 1. The molecule has 0 atom stereocenters. The molecule has 0 fully saturated rings. The summed E-state index contributed by atoms with van der Waals surface area (Å²) in [6.45, 7) is 3.13. The summed E-state index contributed by atoms with van der Waals surface area (Å²) in [4.78, 5) is 30.9. The fraction of sp³-hybridized carbons (Fsp3) is 0.143. The van der Waals surface area contributed by atoms with Crippen molar-refractivity contribution in [2.45, 2.75) is 13.8 Å². The number of anilines is 1. The van der Waals surface area contributed by atoms with Gasteiger partial charge in [-0.2, -0.15) is 9.78 Å². The molecule has 0 unspecified atom stereocenters. The highest BCUT2D eigenvalue weighted by Crippen LogP contribution is 2.27. The zero-order valence-corrected chi connectivity index (χ0v) is 12.8. The molecule has 0 spiro atoms. The second-order valence-corrected chi connectivity index (χ2v) is 5.64. The minimum absolute atomic E-state index is 0.228. The van der Waals surface area contributed by atoms with Crippen molar-refractivity contribution < 1.29 is 4.79 Å². The van der Waals surface area contributed by atoms with Crippen molar-refractivity contribution in [1.29, 1.82) is 0 Å². The van der Waals surface area contributed by atoms with Gasteiger partial charge in [-0.15, -0.1) is 11.3 Å². The van der Waals surface area contributed by atoms with Crippen LogP contribution in [0.3, 0.4) is 0 Å². The highest BCUT2D eigenvalue weighted by atomic mass is 32.1. The molecule has 0 aliphatic carbocycles. The van der Waals surface area contributed by atoms with Crippen molar-refractivity contribution in [3.8, 4) is 16.5 Å². The van der Waals surface area contributed by atoms with Gasteiger partial charge in [0, 0.05) is 24.8 Å². The lowest BCUT2D eigenvalue weighted by molar-refractivity contribution is -0.114. The summed E-state index contributed by atoms with van der Waals surface area (Å²) in [5, 5.41) is 9.08. The Bertz CT molecular complexity index is 879.